The summed E-state index contributed by atoms with van der Waals surface area (Å²) in [5.74, 6) is 0. The monoisotopic (exact) mass is 334 g/mol. The molecule has 0 saturated heterocycles. The zero-order chi connectivity index (χ0) is 8.49. The number of hydrogen-bond acceptors (Lipinski definition) is 0. The van der Waals surface area contributed by atoms with Crippen LogP contribution in [-0.4, -0.2) is 0 Å². The molecule has 0 unspecified atom stereocenters. The average molecular weight is 333 g/mol. The molecule has 2 rings (SSSR count). The maximum absolute atomic E-state index is 2.89. The van der Waals surface area contributed by atoms with Crippen molar-refractivity contribution in [2.24, 2.45) is 0 Å². The van der Waals surface area contributed by atoms with E-state index in [2.05, 4.69) is 12.1 Å². The van der Waals surface area contributed by atoms with Gasteiger partial charge < -0.3 is 0 Å². The first-order valence-corrected chi connectivity index (χ1v) is 3.82. The number of benzene rings is 2. The largest absolute Gasteiger partial charge is 0.184 e. The summed E-state index contributed by atoms with van der Waals surface area (Å²) in [6.45, 7) is 0. The molecule has 1 heteroatoms. The fraction of sp³-hybridized carbons (Fsp3) is 0. The fourth-order valence-electron chi connectivity index (χ4n) is 0.684. The second-order valence-corrected chi connectivity index (χ2v) is 2.15. The Morgan fingerprint density at radius 2 is 0.769 bits per heavy atom. The van der Waals surface area contributed by atoms with Crippen molar-refractivity contribution in [1.82, 2.24) is 0 Å². The second kappa shape index (κ2) is 9.40. The van der Waals surface area contributed by atoms with Gasteiger partial charge in [0, 0.05) is 25.8 Å². The predicted octanol–water partition coefficient (Wildman–Crippen LogP) is 2.97. The maximum atomic E-state index is 2.89. The molecule has 64 valence electrons. The minimum Gasteiger partial charge on any atom is -0.184 e. The predicted molar refractivity (Wildman–Crippen MR) is 50.6 cm³/mol. The van der Waals surface area contributed by atoms with E-state index in [0.717, 1.165) is 0 Å². The Balaban J connectivity index is 0.000000206. The summed E-state index contributed by atoms with van der Waals surface area (Å²) in [7, 11) is 0. The molecule has 0 nitrogen and oxygen atoms in total. The van der Waals surface area contributed by atoms with Crippen molar-refractivity contribution in [3.8, 4) is 0 Å². The van der Waals surface area contributed by atoms with Gasteiger partial charge in [-0.05, 0) is 0 Å². The van der Waals surface area contributed by atoms with Crippen LogP contribution in [0.3, 0.4) is 0 Å². The zero-order valence-electron chi connectivity index (χ0n) is 7.27. The molecule has 0 bridgehead atoms. The summed E-state index contributed by atoms with van der Waals surface area (Å²) in [6, 6.07) is 25.0. The van der Waals surface area contributed by atoms with Gasteiger partial charge in [0.1, 0.15) is 0 Å². The van der Waals surface area contributed by atoms with Gasteiger partial charge in [0.05, 0.1) is 0 Å². The molecule has 0 aliphatic rings. The summed E-state index contributed by atoms with van der Waals surface area (Å²) in [5.41, 5.74) is 0. The van der Waals surface area contributed by atoms with Gasteiger partial charge in [0.25, 0.3) is 0 Å². The third kappa shape index (κ3) is 7.66. The molecule has 0 saturated carbocycles. The van der Waals surface area contributed by atoms with Gasteiger partial charge in [0.15, 0.2) is 0 Å². The van der Waals surface area contributed by atoms with Gasteiger partial charge >= 0.3 is 0 Å². The molecule has 0 atom stereocenters. The molecule has 0 aromatic heterocycles. The van der Waals surface area contributed by atoms with Crippen LogP contribution in [0, 0.1) is 12.1 Å². The smallest absolute Gasteiger partial charge is 0 e. The van der Waals surface area contributed by atoms with E-state index in [1.165, 1.54) is 0 Å². The van der Waals surface area contributed by atoms with Crippen LogP contribution in [0.2, 0.25) is 0 Å². The van der Waals surface area contributed by atoms with Crippen LogP contribution in [0.5, 0.6) is 0 Å². The molecule has 0 radical (unpaired) electrons. The number of rotatable bonds is 0. The van der Waals surface area contributed by atoms with Crippen LogP contribution in [-0.2, 0) is 25.8 Å². The molecule has 2 aromatic carbocycles. The number of hydrogen-bond donors (Lipinski definition) is 0. The van der Waals surface area contributed by atoms with E-state index in [1.807, 2.05) is 60.7 Å². The van der Waals surface area contributed by atoms with Crippen LogP contribution in [0.15, 0.2) is 60.7 Å². The minimum atomic E-state index is 0. The van der Waals surface area contributed by atoms with E-state index in [4.69, 9.17) is 0 Å². The van der Waals surface area contributed by atoms with E-state index < -0.39 is 0 Å². The Bertz CT molecular complexity index is 181. The first kappa shape index (κ1) is 12.3. The van der Waals surface area contributed by atoms with Crippen molar-refractivity contribution in [3.05, 3.63) is 72.8 Å². The van der Waals surface area contributed by atoms with Crippen molar-refractivity contribution in [2.45, 2.75) is 0 Å². The van der Waals surface area contributed by atoms with E-state index in [9.17, 15) is 0 Å². The third-order valence-corrected chi connectivity index (χ3v) is 1.21. The van der Waals surface area contributed by atoms with Gasteiger partial charge in [-0.3, -0.25) is 0 Å². The summed E-state index contributed by atoms with van der Waals surface area (Å²) < 4.78 is 0. The van der Waals surface area contributed by atoms with Gasteiger partial charge in [0.2, 0.25) is 0 Å². The van der Waals surface area contributed by atoms with E-state index in [-0.39, 0.29) is 25.8 Å². The van der Waals surface area contributed by atoms with Crippen molar-refractivity contribution in [1.29, 1.82) is 0 Å². The van der Waals surface area contributed by atoms with Crippen LogP contribution in [0.25, 0.3) is 0 Å². The van der Waals surface area contributed by atoms with Gasteiger partial charge in [-0.25, -0.2) is 0 Å². The summed E-state index contributed by atoms with van der Waals surface area (Å²) in [5, 5.41) is 0. The summed E-state index contributed by atoms with van der Waals surface area (Å²) >= 11 is 0. The van der Waals surface area contributed by atoms with Crippen LogP contribution < -0.4 is 0 Å². The Morgan fingerprint density at radius 3 is 0.846 bits per heavy atom. The van der Waals surface area contributed by atoms with Gasteiger partial charge in [-0.15, -0.1) is 0 Å². The van der Waals surface area contributed by atoms with Crippen LogP contribution in [0.1, 0.15) is 0 Å². The molecule has 0 N–H and O–H groups in total. The molecule has 2 aromatic rings. The molecule has 0 aliphatic carbocycles. The summed E-state index contributed by atoms with van der Waals surface area (Å²) in [4.78, 5) is 0. The molecule has 13 heavy (non-hydrogen) atoms. The van der Waals surface area contributed by atoms with Crippen molar-refractivity contribution in [2.75, 3.05) is 0 Å². The zero-order valence-corrected chi connectivity index (χ0v) is 10.9. The Kier molecular flexibility index (Phi) is 8.90. The average Bonchev–Trinajstić information content (AvgIpc) is 2.24. The third-order valence-electron chi connectivity index (χ3n) is 1.21. The fourth-order valence-corrected chi connectivity index (χ4v) is 0.684. The van der Waals surface area contributed by atoms with E-state index in [1.54, 1.807) is 0 Å². The van der Waals surface area contributed by atoms with E-state index in [0.29, 0.717) is 0 Å². The molecular formula is C12H10Hf-2. The standard InChI is InChI=1S/2C6H5.Hf/c2*1-2-4-6-5-3-1;/h2*1-5H;/q2*-1;. The molecule has 0 heterocycles. The van der Waals surface area contributed by atoms with E-state index >= 15 is 0 Å². The van der Waals surface area contributed by atoms with Crippen LogP contribution in [0.4, 0.5) is 0 Å². The van der Waals surface area contributed by atoms with Gasteiger partial charge in [-0.2, -0.15) is 72.8 Å². The van der Waals surface area contributed by atoms with Crippen molar-refractivity contribution < 1.29 is 25.8 Å². The topological polar surface area (TPSA) is 0 Å². The Labute approximate surface area is 98.4 Å². The maximum Gasteiger partial charge on any atom is 0 e. The minimum absolute atomic E-state index is 0. The molecule has 0 amide bonds. The summed E-state index contributed by atoms with van der Waals surface area (Å²) in [6.07, 6.45) is 0. The van der Waals surface area contributed by atoms with Crippen molar-refractivity contribution >= 4 is 0 Å². The Hall–Kier alpha value is -0.690. The molecule has 0 aliphatic heterocycles. The van der Waals surface area contributed by atoms with Crippen molar-refractivity contribution in [3.63, 3.8) is 0 Å². The quantitative estimate of drug-likeness (QED) is 0.514. The van der Waals surface area contributed by atoms with Crippen LogP contribution >= 0.6 is 0 Å². The first-order chi connectivity index (χ1) is 6.00. The first-order valence-electron chi connectivity index (χ1n) is 3.82. The second-order valence-electron chi connectivity index (χ2n) is 2.15. The Morgan fingerprint density at radius 1 is 0.462 bits per heavy atom. The van der Waals surface area contributed by atoms with Gasteiger partial charge in [-0.1, -0.05) is 0 Å². The SMILES string of the molecule is [Hf].[c-]1ccccc1.[c-]1ccccc1. The molecular weight excluding hydrogens is 323 g/mol. The molecule has 0 fully saturated rings. The molecule has 0 spiro atoms. The normalized spacial score (nSPS) is 7.38.